The van der Waals surface area contributed by atoms with Crippen LogP contribution < -0.4 is 10.1 Å². The maximum Gasteiger partial charge on any atom is 0.280 e. The van der Waals surface area contributed by atoms with Gasteiger partial charge in [-0.05, 0) is 50.9 Å². The summed E-state index contributed by atoms with van der Waals surface area (Å²) in [4.78, 5) is 19.3. The van der Waals surface area contributed by atoms with Gasteiger partial charge in [0, 0.05) is 12.1 Å². The molecule has 2 aromatic rings. The molecule has 3 saturated heterocycles. The van der Waals surface area contributed by atoms with Crippen molar-refractivity contribution < 1.29 is 9.53 Å². The second-order valence-corrected chi connectivity index (χ2v) is 8.03. The van der Waals surface area contributed by atoms with E-state index in [1.807, 2.05) is 12.1 Å². The SMILES string of the molecule is C[C@H]1[C@H](NC(=O)c2ncc(Oc3ccccc3Cl)s2)C2CCN1CC2. The van der Waals surface area contributed by atoms with Crippen LogP contribution in [0.1, 0.15) is 29.6 Å². The lowest BCUT2D eigenvalue weighted by Gasteiger charge is -2.49. The number of nitrogens with one attached hydrogen (secondary N) is 1. The van der Waals surface area contributed by atoms with Crippen molar-refractivity contribution >= 4 is 28.8 Å². The first kappa shape index (κ1) is 16.8. The minimum Gasteiger partial charge on any atom is -0.443 e. The summed E-state index contributed by atoms with van der Waals surface area (Å²) in [6.45, 7) is 4.49. The van der Waals surface area contributed by atoms with Crippen molar-refractivity contribution in [2.75, 3.05) is 13.1 Å². The van der Waals surface area contributed by atoms with Crippen molar-refractivity contribution in [1.29, 1.82) is 0 Å². The van der Waals surface area contributed by atoms with Gasteiger partial charge in [0.1, 0.15) is 5.75 Å². The van der Waals surface area contributed by atoms with E-state index in [0.29, 0.717) is 32.8 Å². The second kappa shape index (κ2) is 6.94. The molecular weight excluding hydrogens is 358 g/mol. The van der Waals surface area contributed by atoms with Crippen molar-refractivity contribution in [3.63, 3.8) is 0 Å². The lowest BCUT2D eigenvalue weighted by molar-refractivity contribution is 0.0217. The number of aromatic nitrogens is 1. The molecule has 0 saturated carbocycles. The van der Waals surface area contributed by atoms with Crippen molar-refractivity contribution in [3.8, 4) is 10.8 Å². The van der Waals surface area contributed by atoms with E-state index in [1.165, 1.54) is 11.3 Å². The molecule has 0 aliphatic carbocycles. The zero-order valence-electron chi connectivity index (χ0n) is 13.9. The number of amides is 1. The summed E-state index contributed by atoms with van der Waals surface area (Å²) in [5.41, 5.74) is 0. The lowest BCUT2D eigenvalue weighted by Crippen LogP contribution is -2.62. The van der Waals surface area contributed by atoms with Gasteiger partial charge in [-0.15, -0.1) is 0 Å². The fourth-order valence-corrected chi connectivity index (χ4v) is 4.66. The highest BCUT2D eigenvalue weighted by molar-refractivity contribution is 7.15. The van der Waals surface area contributed by atoms with Gasteiger partial charge in [-0.3, -0.25) is 9.69 Å². The van der Waals surface area contributed by atoms with Gasteiger partial charge in [0.15, 0.2) is 5.01 Å². The van der Waals surface area contributed by atoms with E-state index < -0.39 is 0 Å². The highest BCUT2D eigenvalue weighted by Gasteiger charge is 2.40. The largest absolute Gasteiger partial charge is 0.443 e. The molecule has 5 rings (SSSR count). The van der Waals surface area contributed by atoms with E-state index in [9.17, 15) is 4.79 Å². The van der Waals surface area contributed by atoms with Crippen molar-refractivity contribution in [1.82, 2.24) is 15.2 Å². The number of benzene rings is 1. The van der Waals surface area contributed by atoms with Gasteiger partial charge in [0.2, 0.25) is 5.06 Å². The number of carbonyl (C=O) groups is 1. The van der Waals surface area contributed by atoms with Crippen molar-refractivity contribution in [2.24, 2.45) is 5.92 Å². The molecule has 2 bridgehead atoms. The standard InChI is InChI=1S/C18H20ClN3O2S/c1-11-16(12-6-8-22(11)9-7-12)21-17(23)18-20-10-15(25-18)24-14-5-3-2-4-13(14)19/h2-5,10-12,16H,6-9H2,1H3,(H,21,23)/t11-,16-/m0/s1. The number of thiazole rings is 1. The molecule has 3 fully saturated rings. The first-order valence-corrected chi connectivity index (χ1v) is 9.74. The third kappa shape index (κ3) is 3.38. The number of rotatable bonds is 4. The number of hydrogen-bond donors (Lipinski definition) is 1. The number of ether oxygens (including phenoxy) is 1. The molecule has 1 amide bonds. The molecule has 1 aromatic carbocycles. The Kier molecular flexibility index (Phi) is 4.67. The number of para-hydroxylation sites is 1. The van der Waals surface area contributed by atoms with Gasteiger partial charge in [0.25, 0.3) is 5.91 Å². The molecule has 1 aromatic heterocycles. The summed E-state index contributed by atoms with van der Waals surface area (Å²) in [7, 11) is 0. The van der Waals surface area contributed by atoms with E-state index in [0.717, 1.165) is 25.9 Å². The van der Waals surface area contributed by atoms with Crippen LogP contribution in [0.3, 0.4) is 0 Å². The quantitative estimate of drug-likeness (QED) is 0.880. The summed E-state index contributed by atoms with van der Waals surface area (Å²) >= 11 is 7.34. The molecule has 0 radical (unpaired) electrons. The fourth-order valence-electron chi connectivity index (χ4n) is 3.81. The number of fused-ring (bicyclic) bond motifs is 3. The number of piperidine rings is 3. The van der Waals surface area contributed by atoms with Crippen LogP contribution in [0, 0.1) is 5.92 Å². The molecule has 7 heteroatoms. The maximum atomic E-state index is 12.6. The molecule has 2 atom stereocenters. The predicted octanol–water partition coefficient (Wildman–Crippen LogP) is 3.80. The van der Waals surface area contributed by atoms with Crippen LogP contribution in [0.2, 0.25) is 5.02 Å². The number of carbonyl (C=O) groups excluding carboxylic acids is 1. The Labute approximate surface area is 156 Å². The Balaban J connectivity index is 1.43. The highest BCUT2D eigenvalue weighted by atomic mass is 35.5. The average molecular weight is 378 g/mol. The normalized spacial score (nSPS) is 27.9. The summed E-state index contributed by atoms with van der Waals surface area (Å²) in [6, 6.07) is 7.83. The van der Waals surface area contributed by atoms with Crippen LogP contribution in [0.5, 0.6) is 10.8 Å². The predicted molar refractivity (Wildman–Crippen MR) is 98.7 cm³/mol. The van der Waals surface area contributed by atoms with Crippen LogP contribution in [-0.2, 0) is 0 Å². The summed E-state index contributed by atoms with van der Waals surface area (Å²) in [5.74, 6) is 1.01. The van der Waals surface area contributed by atoms with Crippen molar-refractivity contribution in [2.45, 2.75) is 31.8 Å². The van der Waals surface area contributed by atoms with Gasteiger partial charge in [-0.1, -0.05) is 35.1 Å². The lowest BCUT2D eigenvalue weighted by atomic mass is 9.79. The van der Waals surface area contributed by atoms with Crippen LogP contribution in [0.4, 0.5) is 0 Å². The second-order valence-electron chi connectivity index (χ2n) is 6.63. The Morgan fingerprint density at radius 3 is 2.84 bits per heavy atom. The Bertz CT molecular complexity index is 771. The van der Waals surface area contributed by atoms with Crippen LogP contribution in [0.25, 0.3) is 0 Å². The minimum absolute atomic E-state index is 0.121. The van der Waals surface area contributed by atoms with E-state index >= 15 is 0 Å². The zero-order valence-corrected chi connectivity index (χ0v) is 15.5. The number of nitrogens with zero attached hydrogens (tertiary/aromatic N) is 2. The topological polar surface area (TPSA) is 54.5 Å². The molecule has 3 aliphatic heterocycles. The van der Waals surface area contributed by atoms with Gasteiger partial charge in [-0.2, -0.15) is 0 Å². The molecule has 5 nitrogen and oxygen atoms in total. The summed E-state index contributed by atoms with van der Waals surface area (Å²) < 4.78 is 5.74. The summed E-state index contributed by atoms with van der Waals surface area (Å²) in [6.07, 6.45) is 3.89. The van der Waals surface area contributed by atoms with E-state index in [1.54, 1.807) is 18.3 Å². The monoisotopic (exact) mass is 377 g/mol. The molecule has 0 unspecified atom stereocenters. The smallest absolute Gasteiger partial charge is 0.280 e. The zero-order chi connectivity index (χ0) is 17.4. The van der Waals surface area contributed by atoms with Crippen LogP contribution in [-0.4, -0.2) is 41.0 Å². The number of hydrogen-bond acceptors (Lipinski definition) is 5. The minimum atomic E-state index is -0.121. The first-order valence-electron chi connectivity index (χ1n) is 8.55. The highest BCUT2D eigenvalue weighted by Crippen LogP contribution is 2.34. The van der Waals surface area contributed by atoms with Crippen LogP contribution in [0.15, 0.2) is 30.5 Å². The third-order valence-corrected chi connectivity index (χ3v) is 6.39. The Morgan fingerprint density at radius 1 is 1.36 bits per heavy atom. The Morgan fingerprint density at radius 2 is 2.12 bits per heavy atom. The van der Waals surface area contributed by atoms with E-state index in [2.05, 4.69) is 22.1 Å². The average Bonchev–Trinajstić information content (AvgIpc) is 3.09. The number of halogens is 1. The Hall–Kier alpha value is -1.63. The van der Waals surface area contributed by atoms with Gasteiger partial charge in [-0.25, -0.2) is 4.98 Å². The van der Waals surface area contributed by atoms with Crippen molar-refractivity contribution in [3.05, 3.63) is 40.5 Å². The van der Waals surface area contributed by atoms with Crippen LogP contribution >= 0.6 is 22.9 Å². The molecular formula is C18H20ClN3O2S. The molecule has 132 valence electrons. The molecule has 25 heavy (non-hydrogen) atoms. The third-order valence-electron chi connectivity index (χ3n) is 5.20. The van der Waals surface area contributed by atoms with Gasteiger partial charge >= 0.3 is 0 Å². The van der Waals surface area contributed by atoms with E-state index in [-0.39, 0.29) is 11.9 Å². The molecule has 3 aliphatic rings. The van der Waals surface area contributed by atoms with Gasteiger partial charge < -0.3 is 10.1 Å². The molecule has 1 N–H and O–H groups in total. The molecule has 4 heterocycles. The summed E-state index contributed by atoms with van der Waals surface area (Å²) in [5, 5.41) is 4.70. The fraction of sp³-hybridized carbons (Fsp3) is 0.444. The maximum absolute atomic E-state index is 12.6. The molecule has 0 spiro atoms. The van der Waals surface area contributed by atoms with Gasteiger partial charge in [0.05, 0.1) is 11.2 Å². The first-order chi connectivity index (χ1) is 12.1. The van der Waals surface area contributed by atoms with E-state index in [4.69, 9.17) is 16.3 Å².